The number of nitrogens with one attached hydrogen (secondary N) is 1. The summed E-state index contributed by atoms with van der Waals surface area (Å²) in [6.45, 7) is 1.33. The third kappa shape index (κ3) is 2.11. The van der Waals surface area contributed by atoms with Crippen molar-refractivity contribution in [2.24, 2.45) is 10.6 Å². The molecule has 1 aromatic carbocycles. The van der Waals surface area contributed by atoms with E-state index in [2.05, 4.69) is 49.5 Å². The number of hydrogen-bond acceptors (Lipinski definition) is 4. The van der Waals surface area contributed by atoms with Crippen LogP contribution >= 0.6 is 28.1 Å². The predicted molar refractivity (Wildman–Crippen MR) is 107 cm³/mol. The van der Waals surface area contributed by atoms with Crippen LogP contribution < -0.4 is 5.32 Å². The molecule has 0 bridgehead atoms. The molecule has 1 aromatic rings. The fourth-order valence-electron chi connectivity index (χ4n) is 5.47. The molecule has 1 saturated carbocycles. The first kappa shape index (κ1) is 17.0. The maximum absolute atomic E-state index is 5.73. The lowest BCUT2D eigenvalue weighted by molar-refractivity contribution is 0.00569. The Hall–Kier alpha value is -1.18. The molecule has 0 radical (unpaired) electrons. The number of oxime groups is 1. The van der Waals surface area contributed by atoms with Gasteiger partial charge in [0.1, 0.15) is 12.1 Å². The van der Waals surface area contributed by atoms with E-state index in [1.165, 1.54) is 11.1 Å². The topological polar surface area (TPSA) is 46.1 Å². The largest absolute Gasteiger partial charge is 0.392 e. The SMILES string of the molecule is COC1CCC2(CC1)Cc1ccc(Br)cc1C21NC(=S)N2CCON=C21. The molecule has 4 aliphatic rings. The minimum atomic E-state index is -0.400. The molecular formula is C19H22BrN3O2S. The molecule has 1 N–H and O–H groups in total. The van der Waals surface area contributed by atoms with Gasteiger partial charge in [-0.2, -0.15) is 0 Å². The first-order valence-electron chi connectivity index (χ1n) is 9.21. The minimum absolute atomic E-state index is 0.0451. The molecule has 2 aliphatic heterocycles. The molecule has 2 fully saturated rings. The van der Waals surface area contributed by atoms with Gasteiger partial charge in [-0.15, -0.1) is 0 Å². The van der Waals surface area contributed by atoms with E-state index < -0.39 is 5.54 Å². The molecule has 0 aromatic heterocycles. The molecule has 5 nitrogen and oxygen atoms in total. The van der Waals surface area contributed by atoms with Crippen molar-refractivity contribution in [2.75, 3.05) is 20.3 Å². The van der Waals surface area contributed by atoms with Crippen LogP contribution in [0.3, 0.4) is 0 Å². The lowest BCUT2D eigenvalue weighted by Gasteiger charge is -2.47. The summed E-state index contributed by atoms with van der Waals surface area (Å²) in [4.78, 5) is 7.69. The quantitative estimate of drug-likeness (QED) is 0.685. The summed E-state index contributed by atoms with van der Waals surface area (Å²) >= 11 is 9.40. The van der Waals surface area contributed by atoms with E-state index in [4.69, 9.17) is 21.8 Å². The number of amidine groups is 1. The van der Waals surface area contributed by atoms with Crippen molar-refractivity contribution in [3.8, 4) is 0 Å². The van der Waals surface area contributed by atoms with Gasteiger partial charge in [0.2, 0.25) is 0 Å². The smallest absolute Gasteiger partial charge is 0.181 e. The Morgan fingerprint density at radius 2 is 2.19 bits per heavy atom. The van der Waals surface area contributed by atoms with Crippen LogP contribution in [0.15, 0.2) is 27.8 Å². The second kappa shape index (κ2) is 5.91. The van der Waals surface area contributed by atoms with Gasteiger partial charge >= 0.3 is 0 Å². The number of ether oxygens (including phenoxy) is 1. The zero-order valence-corrected chi connectivity index (χ0v) is 17.2. The Kier molecular flexibility index (Phi) is 3.85. The summed E-state index contributed by atoms with van der Waals surface area (Å²) < 4.78 is 6.73. The Morgan fingerprint density at radius 3 is 2.96 bits per heavy atom. The van der Waals surface area contributed by atoms with Crippen molar-refractivity contribution >= 4 is 39.1 Å². The maximum Gasteiger partial charge on any atom is 0.181 e. The summed E-state index contributed by atoms with van der Waals surface area (Å²) in [7, 11) is 1.82. The summed E-state index contributed by atoms with van der Waals surface area (Å²) in [5.41, 5.74) is 2.32. The highest BCUT2D eigenvalue weighted by Crippen LogP contribution is 2.60. The van der Waals surface area contributed by atoms with Crippen molar-refractivity contribution < 1.29 is 9.57 Å². The zero-order chi connectivity index (χ0) is 17.9. The summed E-state index contributed by atoms with van der Waals surface area (Å²) in [6, 6.07) is 6.62. The summed E-state index contributed by atoms with van der Waals surface area (Å²) in [5.74, 6) is 0.946. The van der Waals surface area contributed by atoms with Gasteiger partial charge < -0.3 is 14.9 Å². The van der Waals surface area contributed by atoms with Crippen LogP contribution in [0.1, 0.15) is 36.8 Å². The van der Waals surface area contributed by atoms with Crippen molar-refractivity contribution in [1.82, 2.24) is 10.2 Å². The van der Waals surface area contributed by atoms with E-state index in [1.807, 2.05) is 7.11 Å². The van der Waals surface area contributed by atoms with E-state index in [9.17, 15) is 0 Å². The summed E-state index contributed by atoms with van der Waals surface area (Å²) in [6.07, 6.45) is 5.68. The molecule has 2 heterocycles. The van der Waals surface area contributed by atoms with Crippen molar-refractivity contribution in [1.29, 1.82) is 0 Å². The zero-order valence-electron chi connectivity index (χ0n) is 14.8. The minimum Gasteiger partial charge on any atom is -0.392 e. The first-order valence-corrected chi connectivity index (χ1v) is 10.4. The molecule has 1 atom stereocenters. The Balaban J connectivity index is 1.70. The molecule has 2 spiro atoms. The standard InChI is InChI=1S/C19H22BrN3O2S/c1-24-14-4-6-18(7-5-14)11-12-2-3-13(20)10-15(12)19(18)16-22-25-9-8-23(16)17(26)21-19/h2-3,10,14H,4-9,11H2,1H3,(H,21,26). The molecule has 26 heavy (non-hydrogen) atoms. The Morgan fingerprint density at radius 1 is 1.38 bits per heavy atom. The number of benzene rings is 1. The monoisotopic (exact) mass is 435 g/mol. The first-order chi connectivity index (χ1) is 12.6. The lowest BCUT2D eigenvalue weighted by atomic mass is 9.61. The highest BCUT2D eigenvalue weighted by Gasteiger charge is 2.66. The highest BCUT2D eigenvalue weighted by atomic mass is 79.9. The number of halogens is 1. The molecule has 7 heteroatoms. The molecule has 1 saturated heterocycles. The van der Waals surface area contributed by atoms with Crippen molar-refractivity contribution in [3.63, 3.8) is 0 Å². The van der Waals surface area contributed by atoms with Crippen LogP contribution in [-0.2, 0) is 21.5 Å². The predicted octanol–water partition coefficient (Wildman–Crippen LogP) is 3.31. The molecule has 5 rings (SSSR count). The Bertz CT molecular complexity index is 806. The van der Waals surface area contributed by atoms with Crippen LogP contribution in [-0.4, -0.2) is 42.2 Å². The number of thiocarbonyl (C=S) groups is 1. The maximum atomic E-state index is 5.73. The fraction of sp³-hybridized carbons (Fsp3) is 0.579. The lowest BCUT2D eigenvalue weighted by Crippen LogP contribution is -2.57. The number of methoxy groups -OCH3 is 1. The van der Waals surface area contributed by atoms with E-state index in [1.54, 1.807) is 0 Å². The number of rotatable bonds is 1. The number of nitrogens with zero attached hydrogens (tertiary/aromatic N) is 2. The van der Waals surface area contributed by atoms with Gasteiger partial charge in [0.25, 0.3) is 0 Å². The average Bonchev–Trinajstić information content (AvgIpc) is 3.11. The Labute approximate surface area is 167 Å². The van der Waals surface area contributed by atoms with Crippen LogP contribution in [0.25, 0.3) is 0 Å². The van der Waals surface area contributed by atoms with Gasteiger partial charge in [-0.3, -0.25) is 4.90 Å². The third-order valence-corrected chi connectivity index (χ3v) is 7.53. The third-order valence-electron chi connectivity index (χ3n) is 6.71. The summed E-state index contributed by atoms with van der Waals surface area (Å²) in [5, 5.41) is 9.04. The van der Waals surface area contributed by atoms with Crippen LogP contribution in [0.4, 0.5) is 0 Å². The van der Waals surface area contributed by atoms with Gasteiger partial charge in [-0.05, 0) is 67.6 Å². The molecule has 2 aliphatic carbocycles. The highest BCUT2D eigenvalue weighted by molar-refractivity contribution is 9.10. The van der Waals surface area contributed by atoms with Crippen LogP contribution in [0, 0.1) is 5.41 Å². The fourth-order valence-corrected chi connectivity index (χ4v) is 6.16. The number of fused-ring (bicyclic) bond motifs is 5. The van der Waals surface area contributed by atoms with Gasteiger partial charge in [0.15, 0.2) is 10.9 Å². The van der Waals surface area contributed by atoms with Gasteiger partial charge in [-0.1, -0.05) is 27.2 Å². The van der Waals surface area contributed by atoms with Crippen LogP contribution in [0.5, 0.6) is 0 Å². The molecule has 138 valence electrons. The van der Waals surface area contributed by atoms with Gasteiger partial charge in [-0.25, -0.2) is 0 Å². The second-order valence-electron chi connectivity index (χ2n) is 7.77. The molecule has 0 amide bonds. The molecular weight excluding hydrogens is 414 g/mol. The van der Waals surface area contributed by atoms with Crippen LogP contribution in [0.2, 0.25) is 0 Å². The normalized spacial score (nSPS) is 35.2. The van der Waals surface area contributed by atoms with E-state index in [0.29, 0.717) is 12.7 Å². The second-order valence-corrected chi connectivity index (χ2v) is 9.08. The average molecular weight is 436 g/mol. The number of hydrogen-bond donors (Lipinski definition) is 1. The molecule has 1 unspecified atom stereocenters. The van der Waals surface area contributed by atoms with Crippen molar-refractivity contribution in [3.05, 3.63) is 33.8 Å². The van der Waals surface area contributed by atoms with Gasteiger partial charge in [0.05, 0.1) is 12.6 Å². The van der Waals surface area contributed by atoms with E-state index >= 15 is 0 Å². The van der Waals surface area contributed by atoms with Crippen molar-refractivity contribution in [2.45, 2.75) is 43.7 Å². The van der Waals surface area contributed by atoms with Gasteiger partial charge in [0, 0.05) is 17.0 Å². The van der Waals surface area contributed by atoms with E-state index in [0.717, 1.165) is 54.1 Å². The van der Waals surface area contributed by atoms with E-state index in [-0.39, 0.29) is 5.41 Å².